The standard InChI is InChI=1S/C22H23ClN2O2.C2HF3O2/c23-16-10-8-14(9-11-16)21(26)18-5-1-2-6-19(18)22(27)24-13-17-12-15-4-3-7-20(15)25-17;3-2(4,5)1(6)7/h1-2,5-6,8-11,15,17,20,25H,3-4,7,12-13H2,(H,24,27);(H,6,7)/t15-,17-,20-;/m0./s1. The Bertz CT molecular complexity index is 1030. The first-order chi connectivity index (χ1) is 16.1. The van der Waals surface area contributed by atoms with Crippen molar-refractivity contribution >= 4 is 29.3 Å². The Kier molecular flexibility index (Phi) is 8.33. The number of halogens is 4. The van der Waals surface area contributed by atoms with Crippen molar-refractivity contribution in [3.63, 3.8) is 0 Å². The van der Waals surface area contributed by atoms with Crippen molar-refractivity contribution in [3.05, 3.63) is 70.2 Å². The number of aliphatic carboxylic acids is 1. The van der Waals surface area contributed by atoms with Crippen LogP contribution in [0.15, 0.2) is 48.5 Å². The smallest absolute Gasteiger partial charge is 0.475 e. The fourth-order valence-corrected chi connectivity index (χ4v) is 4.49. The van der Waals surface area contributed by atoms with Gasteiger partial charge in [-0.3, -0.25) is 9.59 Å². The van der Waals surface area contributed by atoms with Crippen molar-refractivity contribution in [1.82, 2.24) is 10.6 Å². The maximum absolute atomic E-state index is 12.8. The Hall–Kier alpha value is -2.91. The summed E-state index contributed by atoms with van der Waals surface area (Å²) >= 11 is 5.90. The van der Waals surface area contributed by atoms with Crippen LogP contribution in [0.5, 0.6) is 0 Å². The predicted octanol–water partition coefficient (Wildman–Crippen LogP) is 4.46. The molecule has 0 aromatic heterocycles. The molecule has 182 valence electrons. The van der Waals surface area contributed by atoms with Gasteiger partial charge in [0.1, 0.15) is 0 Å². The monoisotopic (exact) mass is 496 g/mol. The zero-order valence-corrected chi connectivity index (χ0v) is 18.8. The van der Waals surface area contributed by atoms with Crippen LogP contribution in [0, 0.1) is 5.92 Å². The van der Waals surface area contributed by atoms with Gasteiger partial charge in [-0.1, -0.05) is 36.2 Å². The lowest BCUT2D eigenvalue weighted by Gasteiger charge is -2.15. The Morgan fingerprint density at radius 2 is 1.65 bits per heavy atom. The van der Waals surface area contributed by atoms with Crippen LogP contribution in [0.3, 0.4) is 0 Å². The first-order valence-electron chi connectivity index (χ1n) is 10.8. The van der Waals surface area contributed by atoms with E-state index in [1.54, 1.807) is 48.5 Å². The summed E-state index contributed by atoms with van der Waals surface area (Å²) in [5.74, 6) is -2.38. The third-order valence-electron chi connectivity index (χ3n) is 5.97. The second kappa shape index (κ2) is 11.0. The van der Waals surface area contributed by atoms with Crippen molar-refractivity contribution in [2.75, 3.05) is 6.54 Å². The molecule has 1 amide bonds. The Labute approximate surface area is 199 Å². The second-order valence-electron chi connectivity index (χ2n) is 8.29. The molecule has 2 aromatic rings. The van der Waals surface area contributed by atoms with Crippen molar-refractivity contribution < 1.29 is 32.7 Å². The zero-order valence-electron chi connectivity index (χ0n) is 18.1. The molecule has 6 nitrogen and oxygen atoms in total. The maximum atomic E-state index is 12.8. The molecule has 1 saturated heterocycles. The summed E-state index contributed by atoms with van der Waals surface area (Å²) < 4.78 is 31.7. The quantitative estimate of drug-likeness (QED) is 0.531. The van der Waals surface area contributed by atoms with Crippen molar-refractivity contribution in [2.24, 2.45) is 5.92 Å². The number of ketones is 1. The van der Waals surface area contributed by atoms with E-state index in [0.29, 0.717) is 40.3 Å². The van der Waals surface area contributed by atoms with Crippen molar-refractivity contribution in [3.8, 4) is 0 Å². The third-order valence-corrected chi connectivity index (χ3v) is 6.22. The van der Waals surface area contributed by atoms with Crippen LogP contribution in [-0.4, -0.2) is 47.6 Å². The highest BCUT2D eigenvalue weighted by Gasteiger charge is 2.38. The number of carbonyl (C=O) groups excluding carboxylic acids is 2. The maximum Gasteiger partial charge on any atom is 0.490 e. The van der Waals surface area contributed by atoms with Crippen LogP contribution in [0.25, 0.3) is 0 Å². The minimum absolute atomic E-state index is 0.175. The molecule has 3 N–H and O–H groups in total. The largest absolute Gasteiger partial charge is 0.490 e. The number of alkyl halides is 3. The SMILES string of the molecule is O=C(NC[C@@H]1C[C@@H]2CCC[C@@H]2N1)c1ccccc1C(=O)c1ccc(Cl)cc1.O=C(O)C(F)(F)F. The first-order valence-corrected chi connectivity index (χ1v) is 11.2. The summed E-state index contributed by atoms with van der Waals surface area (Å²) in [5.41, 5.74) is 1.34. The number of carboxylic acids is 1. The number of nitrogens with one attached hydrogen (secondary N) is 2. The van der Waals surface area contributed by atoms with Crippen LogP contribution in [0.2, 0.25) is 5.02 Å². The lowest BCUT2D eigenvalue weighted by molar-refractivity contribution is -0.192. The number of benzene rings is 2. The van der Waals surface area contributed by atoms with E-state index in [4.69, 9.17) is 21.5 Å². The molecule has 2 aromatic carbocycles. The average Bonchev–Trinajstić information content (AvgIpc) is 3.39. The van der Waals surface area contributed by atoms with Gasteiger partial charge in [0.2, 0.25) is 0 Å². The van der Waals surface area contributed by atoms with E-state index in [2.05, 4.69) is 10.6 Å². The van der Waals surface area contributed by atoms with Crippen LogP contribution in [0.1, 0.15) is 52.0 Å². The zero-order chi connectivity index (χ0) is 24.9. The van der Waals surface area contributed by atoms with E-state index in [0.717, 1.165) is 12.3 Å². The normalized spacial score (nSPS) is 21.2. The molecule has 34 heavy (non-hydrogen) atoms. The van der Waals surface area contributed by atoms with E-state index in [1.807, 2.05) is 0 Å². The van der Waals surface area contributed by atoms with Gasteiger partial charge in [-0.2, -0.15) is 13.2 Å². The Morgan fingerprint density at radius 1 is 1.03 bits per heavy atom. The fourth-order valence-electron chi connectivity index (χ4n) is 4.36. The molecule has 0 radical (unpaired) electrons. The lowest BCUT2D eigenvalue weighted by Crippen LogP contribution is -2.39. The molecule has 4 rings (SSSR count). The van der Waals surface area contributed by atoms with E-state index < -0.39 is 12.1 Å². The molecular formula is C24H24ClF3N2O4. The summed E-state index contributed by atoms with van der Waals surface area (Å²) in [4.78, 5) is 34.5. The van der Waals surface area contributed by atoms with E-state index in [-0.39, 0.29) is 11.7 Å². The summed E-state index contributed by atoms with van der Waals surface area (Å²) in [6.45, 7) is 0.593. The highest BCUT2D eigenvalue weighted by Crippen LogP contribution is 2.34. The molecule has 1 aliphatic heterocycles. The molecule has 0 spiro atoms. The number of rotatable bonds is 5. The molecule has 0 unspecified atom stereocenters. The molecule has 2 aliphatic rings. The minimum Gasteiger partial charge on any atom is -0.475 e. The van der Waals surface area contributed by atoms with E-state index in [9.17, 15) is 22.8 Å². The highest BCUT2D eigenvalue weighted by atomic mass is 35.5. The summed E-state index contributed by atoms with van der Waals surface area (Å²) in [6, 6.07) is 14.6. The van der Waals surface area contributed by atoms with Gasteiger partial charge in [0.15, 0.2) is 5.78 Å². The van der Waals surface area contributed by atoms with Crippen LogP contribution in [0.4, 0.5) is 13.2 Å². The topological polar surface area (TPSA) is 95.5 Å². The van der Waals surface area contributed by atoms with Gasteiger partial charge in [0.25, 0.3) is 5.91 Å². The molecular weight excluding hydrogens is 473 g/mol. The molecule has 2 fully saturated rings. The van der Waals surface area contributed by atoms with Crippen LogP contribution in [-0.2, 0) is 4.79 Å². The number of hydrogen-bond acceptors (Lipinski definition) is 4. The van der Waals surface area contributed by atoms with Gasteiger partial charge >= 0.3 is 12.1 Å². The number of amides is 1. The van der Waals surface area contributed by atoms with Crippen LogP contribution < -0.4 is 10.6 Å². The minimum atomic E-state index is -5.08. The van der Waals surface area contributed by atoms with Gasteiger partial charge in [0, 0.05) is 34.8 Å². The Balaban J connectivity index is 0.000000406. The third kappa shape index (κ3) is 6.57. The average molecular weight is 497 g/mol. The Morgan fingerprint density at radius 3 is 2.24 bits per heavy atom. The van der Waals surface area contributed by atoms with Crippen molar-refractivity contribution in [2.45, 2.75) is 43.9 Å². The summed E-state index contributed by atoms with van der Waals surface area (Å²) in [7, 11) is 0. The van der Waals surface area contributed by atoms with Crippen LogP contribution >= 0.6 is 11.6 Å². The van der Waals surface area contributed by atoms with Gasteiger partial charge in [-0.05, 0) is 55.5 Å². The number of hydrogen-bond donors (Lipinski definition) is 3. The van der Waals surface area contributed by atoms with E-state index >= 15 is 0 Å². The first kappa shape index (κ1) is 25.7. The number of fused-ring (bicyclic) bond motifs is 1. The van der Waals surface area contributed by atoms with E-state index in [1.165, 1.54) is 19.3 Å². The molecule has 1 saturated carbocycles. The molecule has 3 atom stereocenters. The molecule has 1 aliphatic carbocycles. The predicted molar refractivity (Wildman–Crippen MR) is 120 cm³/mol. The number of carboxylic acid groups (broad SMARTS) is 1. The molecule has 0 bridgehead atoms. The number of carbonyl (C=O) groups is 3. The van der Waals surface area contributed by atoms with Gasteiger partial charge in [-0.25, -0.2) is 4.79 Å². The second-order valence-corrected chi connectivity index (χ2v) is 8.73. The highest BCUT2D eigenvalue weighted by molar-refractivity contribution is 6.30. The summed E-state index contributed by atoms with van der Waals surface area (Å²) in [5, 5.41) is 14.3. The van der Waals surface area contributed by atoms with Gasteiger partial charge in [-0.15, -0.1) is 0 Å². The van der Waals surface area contributed by atoms with Gasteiger partial charge < -0.3 is 15.7 Å². The summed E-state index contributed by atoms with van der Waals surface area (Å²) in [6.07, 6.45) is -0.119. The molecule has 10 heteroatoms. The van der Waals surface area contributed by atoms with Gasteiger partial charge in [0.05, 0.1) is 5.56 Å². The fraction of sp³-hybridized carbons (Fsp3) is 0.375. The lowest BCUT2D eigenvalue weighted by atomic mass is 9.97. The molecule has 1 heterocycles. The van der Waals surface area contributed by atoms with Crippen molar-refractivity contribution in [1.29, 1.82) is 0 Å².